The molecule has 31 heavy (non-hydrogen) atoms. The van der Waals surface area contributed by atoms with Gasteiger partial charge in [-0.05, 0) is 49.4 Å². The topological polar surface area (TPSA) is 65.5 Å². The highest BCUT2D eigenvalue weighted by Crippen LogP contribution is 2.30. The molecule has 1 unspecified atom stereocenters. The van der Waals surface area contributed by atoms with E-state index in [1.54, 1.807) is 13.3 Å². The lowest BCUT2D eigenvalue weighted by molar-refractivity contribution is -0.137. The van der Waals surface area contributed by atoms with Crippen LogP contribution in [0.25, 0.3) is 0 Å². The van der Waals surface area contributed by atoms with E-state index in [0.717, 1.165) is 38.2 Å². The first kappa shape index (κ1) is 23.0. The summed E-state index contributed by atoms with van der Waals surface area (Å²) in [7, 11) is 3.53. The first-order valence-electron chi connectivity index (χ1n) is 9.82. The Morgan fingerprint density at radius 1 is 1.29 bits per heavy atom. The van der Waals surface area contributed by atoms with Gasteiger partial charge in [-0.25, -0.2) is 4.98 Å². The van der Waals surface area contributed by atoms with Gasteiger partial charge in [0.1, 0.15) is 0 Å². The number of likely N-dealkylation sites (N-methyl/N-ethyl adjacent to an activating group) is 2. The minimum Gasteiger partial charge on any atom is -0.491 e. The van der Waals surface area contributed by atoms with E-state index < -0.39 is 11.7 Å². The van der Waals surface area contributed by atoms with Gasteiger partial charge in [-0.15, -0.1) is 0 Å². The Morgan fingerprint density at radius 3 is 2.58 bits per heavy atom. The second kappa shape index (κ2) is 9.65. The average Bonchev–Trinajstić information content (AvgIpc) is 3.22. The van der Waals surface area contributed by atoms with Gasteiger partial charge in [0.15, 0.2) is 16.7 Å². The van der Waals surface area contributed by atoms with Crippen molar-refractivity contribution in [1.29, 1.82) is 0 Å². The maximum atomic E-state index is 12.7. The Kier molecular flexibility index (Phi) is 7.16. The van der Waals surface area contributed by atoms with E-state index in [1.807, 2.05) is 7.05 Å². The zero-order chi connectivity index (χ0) is 22.6. The van der Waals surface area contributed by atoms with E-state index in [4.69, 9.17) is 17.0 Å². The number of alkyl halides is 3. The van der Waals surface area contributed by atoms with Crippen molar-refractivity contribution < 1.29 is 17.9 Å². The molecular formula is C20H25F3N6OS. The third kappa shape index (κ3) is 5.73. The Bertz CT molecular complexity index is 909. The van der Waals surface area contributed by atoms with Crippen LogP contribution in [0, 0.1) is 0 Å². The highest BCUT2D eigenvalue weighted by atomic mass is 32.1. The highest BCUT2D eigenvalue weighted by molar-refractivity contribution is 7.80. The summed E-state index contributed by atoms with van der Waals surface area (Å²) >= 11 is 5.26. The van der Waals surface area contributed by atoms with E-state index in [9.17, 15) is 13.2 Å². The Hall–Kier alpha value is -2.66. The molecule has 0 spiro atoms. The zero-order valence-corrected chi connectivity index (χ0v) is 18.3. The van der Waals surface area contributed by atoms with Crippen LogP contribution >= 0.6 is 12.2 Å². The second-order valence-corrected chi connectivity index (χ2v) is 7.59. The normalized spacial score (nSPS) is 16.8. The summed E-state index contributed by atoms with van der Waals surface area (Å²) in [4.78, 5) is 13.2. The molecule has 1 saturated heterocycles. The van der Waals surface area contributed by atoms with Crippen LogP contribution in [0.2, 0.25) is 0 Å². The molecule has 1 fully saturated rings. The standard InChI is InChI=1S/C20H25F3N6OS/c1-4-29-10-9-15(12-29)28(2)17-16(30-3)11-24-18(26-17)27-19(31)25-14-7-5-13(6-8-14)20(21,22)23/h5-8,11,15H,4,9-10,12H2,1-3H3,(H2,24,25,26,27,31). The molecule has 0 saturated carbocycles. The minimum atomic E-state index is -4.38. The van der Waals surface area contributed by atoms with Gasteiger partial charge in [0.2, 0.25) is 5.95 Å². The lowest BCUT2D eigenvalue weighted by atomic mass is 10.2. The van der Waals surface area contributed by atoms with Crippen molar-refractivity contribution in [1.82, 2.24) is 14.9 Å². The number of rotatable bonds is 6. The van der Waals surface area contributed by atoms with Gasteiger partial charge < -0.3 is 25.2 Å². The van der Waals surface area contributed by atoms with Gasteiger partial charge >= 0.3 is 6.18 Å². The summed E-state index contributed by atoms with van der Waals surface area (Å²) in [5.74, 6) is 1.45. The van der Waals surface area contributed by atoms with Crippen LogP contribution in [0.4, 0.5) is 30.6 Å². The first-order chi connectivity index (χ1) is 14.7. The molecule has 0 aliphatic carbocycles. The Labute approximate surface area is 184 Å². The second-order valence-electron chi connectivity index (χ2n) is 7.19. The Balaban J connectivity index is 1.68. The maximum Gasteiger partial charge on any atom is 0.416 e. The van der Waals surface area contributed by atoms with Crippen LogP contribution in [0.1, 0.15) is 18.9 Å². The number of likely N-dealkylation sites (tertiary alicyclic amines) is 1. The molecule has 1 aliphatic rings. The number of benzene rings is 1. The van der Waals surface area contributed by atoms with Crippen LogP contribution in [0.5, 0.6) is 5.75 Å². The summed E-state index contributed by atoms with van der Waals surface area (Å²) < 4.78 is 43.5. The molecule has 2 N–H and O–H groups in total. The number of thiocarbonyl (C=S) groups is 1. The zero-order valence-electron chi connectivity index (χ0n) is 17.5. The predicted molar refractivity (Wildman–Crippen MR) is 119 cm³/mol. The number of anilines is 3. The smallest absolute Gasteiger partial charge is 0.416 e. The molecule has 0 bridgehead atoms. The van der Waals surface area contributed by atoms with Crippen molar-refractivity contribution in [2.75, 3.05) is 49.3 Å². The van der Waals surface area contributed by atoms with E-state index in [2.05, 4.69) is 37.3 Å². The number of halogens is 3. The van der Waals surface area contributed by atoms with Crippen LogP contribution < -0.4 is 20.3 Å². The molecule has 3 rings (SSSR count). The van der Waals surface area contributed by atoms with Crippen LogP contribution in [0.3, 0.4) is 0 Å². The number of hydrogen-bond donors (Lipinski definition) is 2. The molecule has 0 amide bonds. The van der Waals surface area contributed by atoms with Crippen LogP contribution in [-0.4, -0.2) is 59.8 Å². The molecule has 2 heterocycles. The molecule has 11 heteroatoms. The number of methoxy groups -OCH3 is 1. The van der Waals surface area contributed by atoms with Crippen molar-refractivity contribution in [3.8, 4) is 5.75 Å². The lowest BCUT2D eigenvalue weighted by Gasteiger charge is -2.27. The predicted octanol–water partition coefficient (Wildman–Crippen LogP) is 3.84. The van der Waals surface area contributed by atoms with Gasteiger partial charge in [0.25, 0.3) is 0 Å². The van der Waals surface area contributed by atoms with Crippen molar-refractivity contribution in [2.24, 2.45) is 0 Å². The van der Waals surface area contributed by atoms with E-state index in [-0.39, 0.29) is 11.1 Å². The van der Waals surface area contributed by atoms with Gasteiger partial charge in [-0.3, -0.25) is 0 Å². The molecule has 1 aromatic heterocycles. The fraction of sp³-hybridized carbons (Fsp3) is 0.450. The third-order valence-corrected chi connectivity index (χ3v) is 5.43. The Morgan fingerprint density at radius 2 is 2.00 bits per heavy atom. The molecule has 1 atom stereocenters. The van der Waals surface area contributed by atoms with Gasteiger partial charge in [-0.1, -0.05) is 6.92 Å². The van der Waals surface area contributed by atoms with Crippen LogP contribution in [0.15, 0.2) is 30.5 Å². The highest BCUT2D eigenvalue weighted by Gasteiger charge is 2.30. The molecule has 1 aliphatic heterocycles. The van der Waals surface area contributed by atoms with Crippen LogP contribution in [-0.2, 0) is 6.18 Å². The molecule has 1 aromatic carbocycles. The fourth-order valence-electron chi connectivity index (χ4n) is 3.41. The quantitative estimate of drug-likeness (QED) is 0.639. The molecule has 168 valence electrons. The number of hydrogen-bond acceptors (Lipinski definition) is 6. The maximum absolute atomic E-state index is 12.7. The van der Waals surface area contributed by atoms with Crippen molar-refractivity contribution in [3.05, 3.63) is 36.0 Å². The lowest BCUT2D eigenvalue weighted by Crippen LogP contribution is -2.35. The van der Waals surface area contributed by atoms with Crippen molar-refractivity contribution >= 4 is 34.8 Å². The van der Waals surface area contributed by atoms with E-state index in [1.165, 1.54) is 12.1 Å². The third-order valence-electron chi connectivity index (χ3n) is 5.23. The van der Waals surface area contributed by atoms with Gasteiger partial charge in [-0.2, -0.15) is 18.2 Å². The number of nitrogens with zero attached hydrogens (tertiary/aromatic N) is 4. The number of aromatic nitrogens is 2. The SMILES string of the molecule is CCN1CCC(N(C)c2nc(NC(=S)Nc3ccc(C(F)(F)F)cc3)ncc2OC)C1. The molecular weight excluding hydrogens is 429 g/mol. The average molecular weight is 455 g/mol. The molecule has 7 nitrogen and oxygen atoms in total. The minimum absolute atomic E-state index is 0.163. The van der Waals surface area contributed by atoms with Gasteiger partial charge in [0, 0.05) is 31.9 Å². The molecule has 2 aromatic rings. The van der Waals surface area contributed by atoms with Gasteiger partial charge in [0.05, 0.1) is 18.9 Å². The summed E-state index contributed by atoms with van der Waals surface area (Å²) in [6.45, 7) is 5.12. The number of nitrogens with one attached hydrogen (secondary N) is 2. The molecule has 0 radical (unpaired) electrons. The monoisotopic (exact) mass is 454 g/mol. The summed E-state index contributed by atoms with van der Waals surface area (Å²) in [6.07, 6.45) is -1.80. The summed E-state index contributed by atoms with van der Waals surface area (Å²) in [5, 5.41) is 5.88. The largest absolute Gasteiger partial charge is 0.491 e. The van der Waals surface area contributed by atoms with E-state index in [0.29, 0.717) is 23.3 Å². The summed E-state index contributed by atoms with van der Waals surface area (Å²) in [6, 6.07) is 4.90. The van der Waals surface area contributed by atoms with Crippen molar-refractivity contribution in [2.45, 2.75) is 25.6 Å². The fourth-order valence-corrected chi connectivity index (χ4v) is 3.62. The van der Waals surface area contributed by atoms with Crippen molar-refractivity contribution in [3.63, 3.8) is 0 Å². The number of ether oxygens (including phenoxy) is 1. The van der Waals surface area contributed by atoms with E-state index >= 15 is 0 Å². The first-order valence-corrected chi connectivity index (χ1v) is 10.2. The summed E-state index contributed by atoms with van der Waals surface area (Å²) in [5.41, 5.74) is -0.307.